The van der Waals surface area contributed by atoms with Crippen LogP contribution in [0.15, 0.2) is 119 Å². The number of carbonyl (C=O) groups excluding carboxylic acids is 2. The first-order valence-electron chi connectivity index (χ1n) is 19.1. The van der Waals surface area contributed by atoms with Crippen LogP contribution >= 0.6 is 0 Å². The highest BCUT2D eigenvalue weighted by molar-refractivity contribution is 7.89. The Bertz CT molecular complexity index is 1930. The lowest BCUT2D eigenvalue weighted by Crippen LogP contribution is -2.45. The van der Waals surface area contributed by atoms with Crippen LogP contribution in [0, 0.1) is 13.8 Å². The predicted octanol–water partition coefficient (Wildman–Crippen LogP) is 3.78. The van der Waals surface area contributed by atoms with Crippen LogP contribution in [0.5, 0.6) is 0 Å². The van der Waals surface area contributed by atoms with Gasteiger partial charge in [0, 0.05) is 26.2 Å². The van der Waals surface area contributed by atoms with Crippen LogP contribution < -0.4 is 9.44 Å². The van der Waals surface area contributed by atoms with Crippen LogP contribution in [-0.2, 0) is 48.6 Å². The molecule has 0 spiro atoms. The van der Waals surface area contributed by atoms with Crippen LogP contribution in [-0.4, -0.2) is 117 Å². The van der Waals surface area contributed by atoms with E-state index in [0.29, 0.717) is 11.1 Å². The number of sulfonamides is 2. The maximum Gasteiger partial charge on any atom is 0.245 e. The predicted molar refractivity (Wildman–Crippen MR) is 218 cm³/mol. The van der Waals surface area contributed by atoms with Crippen molar-refractivity contribution in [1.29, 1.82) is 0 Å². The molecule has 312 valence electrons. The fourth-order valence-electron chi connectivity index (χ4n) is 6.07. The Morgan fingerprint density at radius 2 is 0.759 bits per heavy atom. The monoisotopic (exact) mass is 836 g/mol. The zero-order valence-corrected chi connectivity index (χ0v) is 34.5. The molecule has 4 aromatic rings. The molecular weight excluding hydrogens is 785 g/mol. The van der Waals surface area contributed by atoms with Gasteiger partial charge in [-0.3, -0.25) is 9.59 Å². The van der Waals surface area contributed by atoms with Crippen molar-refractivity contribution in [2.24, 2.45) is 0 Å². The molecule has 0 saturated carbocycles. The summed E-state index contributed by atoms with van der Waals surface area (Å²) < 4.78 is 82.4. The van der Waals surface area contributed by atoms with Crippen LogP contribution in [0.3, 0.4) is 0 Å². The van der Waals surface area contributed by atoms with E-state index >= 15 is 0 Å². The van der Waals surface area contributed by atoms with Crippen LogP contribution in [0.25, 0.3) is 0 Å². The summed E-state index contributed by atoms with van der Waals surface area (Å²) in [4.78, 5) is 31.4. The third kappa shape index (κ3) is 13.3. The highest BCUT2D eigenvalue weighted by atomic mass is 32.2. The third-order valence-corrected chi connectivity index (χ3v) is 12.2. The number of ether oxygens (including phenoxy) is 4. The van der Waals surface area contributed by atoms with Crippen molar-refractivity contribution in [3.8, 4) is 0 Å². The van der Waals surface area contributed by atoms with Gasteiger partial charge in [0.1, 0.15) is 12.1 Å². The van der Waals surface area contributed by atoms with E-state index in [0.717, 1.165) is 11.1 Å². The minimum absolute atomic E-state index is 0.0458. The molecule has 1 aliphatic heterocycles. The second-order valence-corrected chi connectivity index (χ2v) is 17.1. The first kappa shape index (κ1) is 44.6. The molecule has 1 heterocycles. The molecule has 1 aliphatic rings. The van der Waals surface area contributed by atoms with Gasteiger partial charge in [0.25, 0.3) is 0 Å². The molecule has 58 heavy (non-hydrogen) atoms. The van der Waals surface area contributed by atoms with E-state index < -0.39 is 43.9 Å². The van der Waals surface area contributed by atoms with E-state index in [9.17, 15) is 26.4 Å². The van der Waals surface area contributed by atoms with Gasteiger partial charge < -0.3 is 28.7 Å². The van der Waals surface area contributed by atoms with Crippen molar-refractivity contribution >= 4 is 31.9 Å². The molecular formula is C42H52N4O10S2. The number of hydrogen-bond acceptors (Lipinski definition) is 10. The van der Waals surface area contributed by atoms with E-state index in [1.165, 1.54) is 34.1 Å². The lowest BCUT2D eigenvalue weighted by atomic mass is 10.1. The van der Waals surface area contributed by atoms with E-state index in [1.807, 2.05) is 13.8 Å². The van der Waals surface area contributed by atoms with Crippen LogP contribution in [0.4, 0.5) is 0 Å². The Kier molecular flexibility index (Phi) is 16.9. The number of hydrogen-bond donors (Lipinski definition) is 2. The Labute approximate surface area is 341 Å². The Hall–Kier alpha value is -4.52. The molecule has 2 amide bonds. The van der Waals surface area contributed by atoms with Crippen molar-refractivity contribution in [2.45, 2.75) is 35.7 Å². The van der Waals surface area contributed by atoms with Crippen molar-refractivity contribution in [3.63, 3.8) is 0 Å². The largest absolute Gasteiger partial charge is 0.377 e. The van der Waals surface area contributed by atoms with Gasteiger partial charge in [0.2, 0.25) is 31.9 Å². The summed E-state index contributed by atoms with van der Waals surface area (Å²) in [6.45, 7) is 5.57. The van der Waals surface area contributed by atoms with E-state index in [4.69, 9.17) is 18.9 Å². The molecule has 5 rings (SSSR count). The van der Waals surface area contributed by atoms with Crippen molar-refractivity contribution < 1.29 is 45.4 Å². The van der Waals surface area contributed by atoms with E-state index in [2.05, 4.69) is 9.44 Å². The summed E-state index contributed by atoms with van der Waals surface area (Å²) in [5.41, 5.74) is 2.77. The number of nitrogens with zero attached hydrogens (tertiary/aromatic N) is 2. The van der Waals surface area contributed by atoms with Crippen molar-refractivity contribution in [1.82, 2.24) is 19.2 Å². The Morgan fingerprint density at radius 1 is 0.466 bits per heavy atom. The maximum absolute atomic E-state index is 14.1. The summed E-state index contributed by atoms with van der Waals surface area (Å²) in [5, 5.41) is 0. The molecule has 14 nitrogen and oxygen atoms in total. The first-order chi connectivity index (χ1) is 27.9. The van der Waals surface area contributed by atoms with Crippen molar-refractivity contribution in [2.75, 3.05) is 79.0 Å². The fourth-order valence-corrected chi connectivity index (χ4v) is 8.42. The number of rotatable bonds is 10. The molecule has 0 radical (unpaired) electrons. The standard InChI is InChI=1S/C42H52N4O10S2/c1-33-13-17-37(18-14-33)57(49,50)43-39(35-9-5-3-6-10-35)41(47)45-21-25-53-29-31-55-27-23-46(24-28-56-32-30-54-26-22-45)42(48)40(36-11-7-4-8-12-36)44-58(51,52)38-19-15-34(2)16-20-38/h3-20,39-40,43-44H,21-32H2,1-2H3/t39-,40-/m1/s1. The lowest BCUT2D eigenvalue weighted by Gasteiger charge is -2.29. The minimum atomic E-state index is -4.07. The number of aryl methyl sites for hydroxylation is 2. The molecule has 0 unspecified atom stereocenters. The van der Waals surface area contributed by atoms with Gasteiger partial charge in [-0.05, 0) is 49.2 Å². The van der Waals surface area contributed by atoms with E-state index in [-0.39, 0.29) is 88.8 Å². The smallest absolute Gasteiger partial charge is 0.245 e. The summed E-state index contributed by atoms with van der Waals surface area (Å²) in [7, 11) is -8.14. The number of nitrogens with one attached hydrogen (secondary N) is 2. The summed E-state index contributed by atoms with van der Waals surface area (Å²) in [5.74, 6) is -0.925. The summed E-state index contributed by atoms with van der Waals surface area (Å²) >= 11 is 0. The third-order valence-electron chi connectivity index (χ3n) is 9.36. The number of benzene rings is 4. The Morgan fingerprint density at radius 3 is 1.05 bits per heavy atom. The average molecular weight is 837 g/mol. The minimum Gasteiger partial charge on any atom is -0.377 e. The van der Waals surface area contributed by atoms with Crippen molar-refractivity contribution in [3.05, 3.63) is 131 Å². The topological polar surface area (TPSA) is 170 Å². The summed E-state index contributed by atoms with van der Waals surface area (Å²) in [6.07, 6.45) is 0. The van der Waals surface area contributed by atoms with Gasteiger partial charge in [-0.25, -0.2) is 16.8 Å². The zero-order valence-electron chi connectivity index (χ0n) is 32.8. The molecule has 0 aliphatic carbocycles. The van der Waals surface area contributed by atoms with Gasteiger partial charge in [0.15, 0.2) is 0 Å². The number of carbonyl (C=O) groups is 2. The highest BCUT2D eigenvalue weighted by Gasteiger charge is 2.32. The molecule has 2 N–H and O–H groups in total. The van der Waals surface area contributed by atoms with Gasteiger partial charge in [-0.1, -0.05) is 96.1 Å². The molecule has 0 aromatic heterocycles. The molecule has 1 saturated heterocycles. The summed E-state index contributed by atoms with van der Waals surface area (Å²) in [6, 6.07) is 27.7. The molecule has 0 bridgehead atoms. The maximum atomic E-state index is 14.1. The normalized spacial score (nSPS) is 17.1. The molecule has 1 fully saturated rings. The molecule has 16 heteroatoms. The highest BCUT2D eigenvalue weighted by Crippen LogP contribution is 2.22. The van der Waals surface area contributed by atoms with Gasteiger partial charge >= 0.3 is 0 Å². The molecule has 2 atom stereocenters. The zero-order chi connectivity index (χ0) is 41.4. The second-order valence-electron chi connectivity index (χ2n) is 13.7. The van der Waals surface area contributed by atoms with Gasteiger partial charge in [-0.2, -0.15) is 9.44 Å². The average Bonchev–Trinajstić information content (AvgIpc) is 3.22. The van der Waals surface area contributed by atoms with Crippen LogP contribution in [0.2, 0.25) is 0 Å². The van der Waals surface area contributed by atoms with Gasteiger partial charge in [-0.15, -0.1) is 0 Å². The van der Waals surface area contributed by atoms with Crippen LogP contribution in [0.1, 0.15) is 34.3 Å². The second kappa shape index (κ2) is 22.0. The fraction of sp³-hybridized carbons (Fsp3) is 0.381. The Balaban J connectivity index is 1.23. The molecule has 4 aromatic carbocycles. The number of amides is 2. The first-order valence-corrected chi connectivity index (χ1v) is 22.1. The van der Waals surface area contributed by atoms with Gasteiger partial charge in [0.05, 0.1) is 62.6 Å². The SMILES string of the molecule is Cc1ccc(S(=O)(=O)N[C@@H](C(=O)N2CCOCCOCCN(C(=O)[C@H](NS(=O)(=O)c3ccc(C)cc3)c3ccccc3)CCOCCOCC2)c2ccccc2)cc1. The lowest BCUT2D eigenvalue weighted by molar-refractivity contribution is -0.136. The van der Waals surface area contributed by atoms with E-state index in [1.54, 1.807) is 84.9 Å². The quantitative estimate of drug-likeness (QED) is 0.240.